The standard InChI is InChI=1S/C15H18Cl2N2O2.ClH/c16-10-3-9(4-11(17)5-10)8-21-15(20)19-14-6-12-1-2-13(7-14)18-12;/h3-5,12-14,18H,1-2,6-8H2,(H,19,20);1H. The minimum Gasteiger partial charge on any atom is -0.445 e. The smallest absolute Gasteiger partial charge is 0.407 e. The highest BCUT2D eigenvalue weighted by Crippen LogP contribution is 2.26. The summed E-state index contributed by atoms with van der Waals surface area (Å²) in [6.45, 7) is 0.171. The largest absolute Gasteiger partial charge is 0.445 e. The number of alkyl carbamates (subject to hydrolysis) is 1. The fourth-order valence-corrected chi connectivity index (χ4v) is 3.80. The number of carbonyl (C=O) groups is 1. The van der Waals surface area contributed by atoms with Crippen LogP contribution in [0, 0.1) is 0 Å². The van der Waals surface area contributed by atoms with Crippen LogP contribution in [0.25, 0.3) is 0 Å². The molecule has 2 unspecified atom stereocenters. The van der Waals surface area contributed by atoms with Gasteiger partial charge in [-0.15, -0.1) is 12.4 Å². The number of piperidine rings is 1. The van der Waals surface area contributed by atoms with Gasteiger partial charge in [0, 0.05) is 28.2 Å². The van der Waals surface area contributed by atoms with Crippen LogP contribution in [0.5, 0.6) is 0 Å². The first-order valence-electron chi connectivity index (χ1n) is 7.23. The Bertz CT molecular complexity index is 509. The van der Waals surface area contributed by atoms with Crippen molar-refractivity contribution in [1.29, 1.82) is 0 Å². The molecule has 2 aliphatic heterocycles. The van der Waals surface area contributed by atoms with Crippen molar-refractivity contribution < 1.29 is 9.53 Å². The topological polar surface area (TPSA) is 50.4 Å². The molecule has 0 aromatic heterocycles. The van der Waals surface area contributed by atoms with Crippen LogP contribution in [0.15, 0.2) is 18.2 Å². The second kappa shape index (κ2) is 7.73. The lowest BCUT2D eigenvalue weighted by atomic mass is 10.0. The number of benzene rings is 1. The summed E-state index contributed by atoms with van der Waals surface area (Å²) in [6, 6.07) is 6.43. The minimum atomic E-state index is -0.377. The van der Waals surface area contributed by atoms with Crippen molar-refractivity contribution in [2.45, 2.75) is 50.4 Å². The zero-order valence-electron chi connectivity index (χ0n) is 12.0. The van der Waals surface area contributed by atoms with Crippen LogP contribution in [-0.4, -0.2) is 24.2 Å². The van der Waals surface area contributed by atoms with Gasteiger partial charge in [-0.2, -0.15) is 0 Å². The maximum absolute atomic E-state index is 11.9. The van der Waals surface area contributed by atoms with Crippen LogP contribution in [0.3, 0.4) is 0 Å². The molecule has 2 saturated heterocycles. The van der Waals surface area contributed by atoms with E-state index in [0.29, 0.717) is 22.1 Å². The van der Waals surface area contributed by atoms with E-state index in [0.717, 1.165) is 18.4 Å². The fraction of sp³-hybridized carbons (Fsp3) is 0.533. The van der Waals surface area contributed by atoms with Gasteiger partial charge >= 0.3 is 6.09 Å². The highest BCUT2D eigenvalue weighted by Gasteiger charge is 2.34. The molecule has 0 saturated carbocycles. The Hall–Kier alpha value is -0.680. The maximum atomic E-state index is 11.9. The van der Waals surface area contributed by atoms with Gasteiger partial charge in [0.25, 0.3) is 0 Å². The molecule has 0 aliphatic carbocycles. The van der Waals surface area contributed by atoms with E-state index in [2.05, 4.69) is 10.6 Å². The fourth-order valence-electron chi connectivity index (χ4n) is 3.23. The zero-order valence-corrected chi connectivity index (χ0v) is 14.3. The number of nitrogens with one attached hydrogen (secondary N) is 2. The second-order valence-corrected chi connectivity index (χ2v) is 6.68. The molecule has 22 heavy (non-hydrogen) atoms. The van der Waals surface area contributed by atoms with Gasteiger partial charge in [-0.05, 0) is 49.4 Å². The summed E-state index contributed by atoms with van der Waals surface area (Å²) in [5.41, 5.74) is 0.785. The van der Waals surface area contributed by atoms with Gasteiger partial charge in [-0.1, -0.05) is 23.2 Å². The number of carbonyl (C=O) groups excluding carboxylic acids is 1. The number of rotatable bonds is 3. The van der Waals surface area contributed by atoms with E-state index in [9.17, 15) is 4.79 Å². The SMILES string of the molecule is Cl.O=C(NC1CC2CCC(C1)N2)OCc1cc(Cl)cc(Cl)c1. The molecule has 1 amide bonds. The Morgan fingerprint density at radius 1 is 1.18 bits per heavy atom. The van der Waals surface area contributed by atoms with Crippen LogP contribution in [0.1, 0.15) is 31.2 Å². The molecule has 2 atom stereocenters. The zero-order chi connectivity index (χ0) is 14.8. The molecule has 2 N–H and O–H groups in total. The average Bonchev–Trinajstić information content (AvgIpc) is 2.75. The summed E-state index contributed by atoms with van der Waals surface area (Å²) >= 11 is 11.8. The van der Waals surface area contributed by atoms with Crippen molar-refractivity contribution in [3.8, 4) is 0 Å². The Balaban J connectivity index is 0.00000176. The first-order valence-corrected chi connectivity index (χ1v) is 7.98. The third-order valence-electron chi connectivity index (χ3n) is 4.09. The molecule has 0 spiro atoms. The summed E-state index contributed by atoms with van der Waals surface area (Å²) in [5.74, 6) is 0. The van der Waals surface area contributed by atoms with Gasteiger partial charge in [0.15, 0.2) is 0 Å². The summed E-state index contributed by atoms with van der Waals surface area (Å²) in [5, 5.41) is 7.57. The lowest BCUT2D eigenvalue weighted by Crippen LogP contribution is -2.48. The molecule has 2 heterocycles. The molecule has 2 fully saturated rings. The van der Waals surface area contributed by atoms with E-state index < -0.39 is 0 Å². The van der Waals surface area contributed by atoms with Gasteiger partial charge < -0.3 is 15.4 Å². The molecular formula is C15H19Cl3N2O2. The van der Waals surface area contributed by atoms with Crippen LogP contribution < -0.4 is 10.6 Å². The summed E-state index contributed by atoms with van der Waals surface area (Å²) in [6.07, 6.45) is 4.00. The van der Waals surface area contributed by atoms with E-state index in [1.54, 1.807) is 18.2 Å². The predicted octanol–water partition coefficient (Wildman–Crippen LogP) is 3.92. The molecule has 2 aliphatic rings. The number of halogens is 3. The lowest BCUT2D eigenvalue weighted by Gasteiger charge is -2.29. The third kappa shape index (κ3) is 4.66. The number of hydrogen-bond acceptors (Lipinski definition) is 3. The maximum Gasteiger partial charge on any atom is 0.407 e. The summed E-state index contributed by atoms with van der Waals surface area (Å²) < 4.78 is 5.24. The van der Waals surface area contributed by atoms with Crippen molar-refractivity contribution in [3.05, 3.63) is 33.8 Å². The molecule has 7 heteroatoms. The quantitative estimate of drug-likeness (QED) is 0.853. The van der Waals surface area contributed by atoms with E-state index in [1.165, 1.54) is 12.8 Å². The second-order valence-electron chi connectivity index (χ2n) is 5.80. The highest BCUT2D eigenvalue weighted by molar-refractivity contribution is 6.34. The van der Waals surface area contributed by atoms with Gasteiger partial charge in [0.1, 0.15) is 6.61 Å². The van der Waals surface area contributed by atoms with Gasteiger partial charge in [-0.25, -0.2) is 4.79 Å². The molecule has 122 valence electrons. The molecule has 3 rings (SSSR count). The Morgan fingerprint density at radius 2 is 1.77 bits per heavy atom. The molecule has 1 aromatic carbocycles. The van der Waals surface area contributed by atoms with Gasteiger partial charge in [0.2, 0.25) is 0 Å². The van der Waals surface area contributed by atoms with E-state index in [1.807, 2.05) is 0 Å². The van der Waals surface area contributed by atoms with Crippen LogP contribution >= 0.6 is 35.6 Å². The molecule has 0 radical (unpaired) electrons. The predicted molar refractivity (Wildman–Crippen MR) is 90.0 cm³/mol. The van der Waals surface area contributed by atoms with E-state index in [4.69, 9.17) is 27.9 Å². The number of ether oxygens (including phenoxy) is 1. The summed E-state index contributed by atoms with van der Waals surface area (Å²) in [4.78, 5) is 11.9. The van der Waals surface area contributed by atoms with Crippen molar-refractivity contribution >= 4 is 41.7 Å². The van der Waals surface area contributed by atoms with Crippen LogP contribution in [-0.2, 0) is 11.3 Å². The first kappa shape index (κ1) is 17.7. The minimum absolute atomic E-state index is 0. The van der Waals surface area contributed by atoms with Crippen molar-refractivity contribution in [2.75, 3.05) is 0 Å². The molecular weight excluding hydrogens is 347 g/mol. The number of amides is 1. The van der Waals surface area contributed by atoms with Crippen molar-refractivity contribution in [2.24, 2.45) is 0 Å². The van der Waals surface area contributed by atoms with Crippen molar-refractivity contribution in [3.63, 3.8) is 0 Å². The normalized spacial score (nSPS) is 26.2. The van der Waals surface area contributed by atoms with Crippen LogP contribution in [0.4, 0.5) is 4.79 Å². The van der Waals surface area contributed by atoms with Crippen LogP contribution in [0.2, 0.25) is 10.0 Å². The van der Waals surface area contributed by atoms with Gasteiger partial charge in [-0.3, -0.25) is 0 Å². The summed E-state index contributed by atoms with van der Waals surface area (Å²) in [7, 11) is 0. The monoisotopic (exact) mass is 364 g/mol. The third-order valence-corrected chi connectivity index (χ3v) is 4.52. The van der Waals surface area contributed by atoms with E-state index >= 15 is 0 Å². The average molecular weight is 366 g/mol. The number of hydrogen-bond donors (Lipinski definition) is 2. The number of fused-ring (bicyclic) bond motifs is 2. The lowest BCUT2D eigenvalue weighted by molar-refractivity contribution is 0.131. The van der Waals surface area contributed by atoms with E-state index in [-0.39, 0.29) is 31.1 Å². The highest BCUT2D eigenvalue weighted by atomic mass is 35.5. The molecule has 2 bridgehead atoms. The molecule has 4 nitrogen and oxygen atoms in total. The molecule has 1 aromatic rings. The van der Waals surface area contributed by atoms with Gasteiger partial charge in [0.05, 0.1) is 0 Å². The Labute approximate surface area is 146 Å². The van der Waals surface area contributed by atoms with Crippen molar-refractivity contribution in [1.82, 2.24) is 10.6 Å². The Morgan fingerprint density at radius 3 is 2.36 bits per heavy atom. The first-order chi connectivity index (χ1) is 10.1. The Kier molecular flexibility index (Phi) is 6.21.